The van der Waals surface area contributed by atoms with Crippen LogP contribution in [0.15, 0.2) is 23.2 Å². The Hall–Kier alpha value is -1.16. The van der Waals surface area contributed by atoms with Gasteiger partial charge in [-0.3, -0.25) is 4.99 Å². The van der Waals surface area contributed by atoms with E-state index in [0.717, 1.165) is 23.2 Å². The van der Waals surface area contributed by atoms with Gasteiger partial charge in [0.2, 0.25) is 0 Å². The van der Waals surface area contributed by atoms with Crippen LogP contribution >= 0.6 is 11.8 Å². The summed E-state index contributed by atoms with van der Waals surface area (Å²) in [4.78, 5) is 6.69. The van der Waals surface area contributed by atoms with Gasteiger partial charge in [0.05, 0.1) is 0 Å². The Kier molecular flexibility index (Phi) is 4.17. The van der Waals surface area contributed by atoms with Gasteiger partial charge in [0.15, 0.2) is 5.17 Å². The lowest BCUT2D eigenvalue weighted by Crippen LogP contribution is -2.19. The highest BCUT2D eigenvalue weighted by atomic mass is 32.2. The van der Waals surface area contributed by atoms with Crippen molar-refractivity contribution in [3.63, 3.8) is 0 Å². The number of nitrogens with zero attached hydrogens (tertiary/aromatic N) is 2. The molecule has 1 N–H and O–H groups in total. The molecule has 3 nitrogen and oxygen atoms in total. The summed E-state index contributed by atoms with van der Waals surface area (Å²) in [7, 11) is 4.14. The summed E-state index contributed by atoms with van der Waals surface area (Å²) in [5.74, 6) is 1.84. The van der Waals surface area contributed by atoms with Crippen LogP contribution in [0, 0.1) is 12.8 Å². The molecule has 1 heterocycles. The second-order valence-corrected chi connectivity index (χ2v) is 6.09. The fourth-order valence-electron chi connectivity index (χ4n) is 1.93. The molecule has 1 aromatic rings. The van der Waals surface area contributed by atoms with Gasteiger partial charge in [0.1, 0.15) is 0 Å². The molecule has 1 aliphatic heterocycles. The first-order valence-electron chi connectivity index (χ1n) is 6.28. The Balaban J connectivity index is 2.12. The number of aliphatic imine (C=N–C) groups is 1. The number of hydrogen-bond acceptors (Lipinski definition) is 4. The normalized spacial score (nSPS) is 19.3. The summed E-state index contributed by atoms with van der Waals surface area (Å²) in [6.07, 6.45) is 0. The molecule has 1 aliphatic rings. The molecule has 0 aliphatic carbocycles. The summed E-state index contributed by atoms with van der Waals surface area (Å²) in [6, 6.07) is 6.44. The van der Waals surface area contributed by atoms with Crippen LogP contribution in [0.1, 0.15) is 12.5 Å². The topological polar surface area (TPSA) is 27.6 Å². The Labute approximate surface area is 114 Å². The molecule has 0 saturated carbocycles. The van der Waals surface area contributed by atoms with E-state index in [0.29, 0.717) is 5.92 Å². The predicted octanol–water partition coefficient (Wildman–Crippen LogP) is 3.21. The maximum atomic E-state index is 4.56. The summed E-state index contributed by atoms with van der Waals surface area (Å²) in [5.41, 5.74) is 3.65. The standard InChI is InChI=1S/C14H21N3S/c1-10-8-15-14(18-9-10)16-12-6-5-11(2)13(7-12)17(3)4/h5-7,10H,8-9H2,1-4H3,(H,15,16). The molecule has 0 bridgehead atoms. The highest BCUT2D eigenvalue weighted by Crippen LogP contribution is 2.24. The largest absolute Gasteiger partial charge is 0.377 e. The molecule has 98 valence electrons. The number of rotatable bonds is 2. The summed E-state index contributed by atoms with van der Waals surface area (Å²) in [6.45, 7) is 5.30. The average Bonchev–Trinajstić information content (AvgIpc) is 2.34. The van der Waals surface area contributed by atoms with Gasteiger partial charge in [-0.05, 0) is 30.5 Å². The van der Waals surface area contributed by atoms with Gasteiger partial charge in [-0.25, -0.2) is 0 Å². The second kappa shape index (κ2) is 5.65. The minimum atomic E-state index is 0.691. The Morgan fingerprint density at radius 3 is 2.78 bits per heavy atom. The first-order valence-corrected chi connectivity index (χ1v) is 7.27. The molecule has 0 saturated heterocycles. The van der Waals surface area contributed by atoms with Gasteiger partial charge in [-0.15, -0.1) is 0 Å². The number of amidine groups is 1. The first kappa shape index (κ1) is 13.3. The number of thioether (sulfide) groups is 1. The first-order chi connectivity index (χ1) is 8.56. The van der Waals surface area contributed by atoms with Crippen LogP contribution in [0.4, 0.5) is 11.4 Å². The third-order valence-corrected chi connectivity index (χ3v) is 4.23. The van der Waals surface area contributed by atoms with E-state index in [1.165, 1.54) is 11.3 Å². The minimum absolute atomic E-state index is 0.691. The van der Waals surface area contributed by atoms with Crippen molar-refractivity contribution in [1.29, 1.82) is 0 Å². The lowest BCUT2D eigenvalue weighted by atomic mass is 10.1. The monoisotopic (exact) mass is 263 g/mol. The van der Waals surface area contributed by atoms with Crippen LogP contribution in [0.2, 0.25) is 0 Å². The number of aryl methyl sites for hydroxylation is 1. The summed E-state index contributed by atoms with van der Waals surface area (Å²) >= 11 is 1.81. The predicted molar refractivity (Wildman–Crippen MR) is 83.1 cm³/mol. The molecule has 2 rings (SSSR count). The molecule has 0 radical (unpaired) electrons. The number of hydrogen-bond donors (Lipinski definition) is 1. The molecule has 4 heteroatoms. The smallest absolute Gasteiger partial charge is 0.161 e. The van der Waals surface area contributed by atoms with Crippen molar-refractivity contribution in [2.24, 2.45) is 10.9 Å². The number of nitrogens with one attached hydrogen (secondary N) is 1. The molecule has 0 aromatic heterocycles. The third kappa shape index (κ3) is 3.19. The van der Waals surface area contributed by atoms with E-state index in [2.05, 4.69) is 61.4 Å². The van der Waals surface area contributed by atoms with Crippen LogP contribution < -0.4 is 10.2 Å². The van der Waals surface area contributed by atoms with E-state index >= 15 is 0 Å². The van der Waals surface area contributed by atoms with E-state index in [1.54, 1.807) is 0 Å². The highest BCUT2D eigenvalue weighted by Gasteiger charge is 2.12. The maximum Gasteiger partial charge on any atom is 0.161 e. The van der Waals surface area contributed by atoms with Gasteiger partial charge in [0.25, 0.3) is 0 Å². The van der Waals surface area contributed by atoms with E-state index in [1.807, 2.05) is 11.8 Å². The summed E-state index contributed by atoms with van der Waals surface area (Å²) in [5, 5.41) is 4.45. The van der Waals surface area contributed by atoms with Crippen molar-refractivity contribution in [3.05, 3.63) is 23.8 Å². The quantitative estimate of drug-likeness (QED) is 0.888. The van der Waals surface area contributed by atoms with Crippen molar-refractivity contribution in [2.75, 3.05) is 36.6 Å². The van der Waals surface area contributed by atoms with Crippen molar-refractivity contribution in [2.45, 2.75) is 13.8 Å². The molecule has 0 amide bonds. The van der Waals surface area contributed by atoms with Crippen LogP contribution in [-0.4, -0.2) is 31.6 Å². The van der Waals surface area contributed by atoms with Crippen LogP contribution in [0.25, 0.3) is 0 Å². The lowest BCUT2D eigenvalue weighted by Gasteiger charge is -2.20. The van der Waals surface area contributed by atoms with Crippen molar-refractivity contribution in [3.8, 4) is 0 Å². The van der Waals surface area contributed by atoms with E-state index in [9.17, 15) is 0 Å². The van der Waals surface area contributed by atoms with Crippen molar-refractivity contribution in [1.82, 2.24) is 0 Å². The zero-order chi connectivity index (χ0) is 13.1. The van der Waals surface area contributed by atoms with Crippen LogP contribution in [0.5, 0.6) is 0 Å². The molecule has 1 atom stereocenters. The molecule has 18 heavy (non-hydrogen) atoms. The Morgan fingerprint density at radius 1 is 1.39 bits per heavy atom. The summed E-state index contributed by atoms with van der Waals surface area (Å²) < 4.78 is 0. The van der Waals surface area contributed by atoms with Crippen LogP contribution in [-0.2, 0) is 0 Å². The molecular formula is C14H21N3S. The molecule has 0 fully saturated rings. The van der Waals surface area contributed by atoms with E-state index in [-0.39, 0.29) is 0 Å². The number of anilines is 2. The van der Waals surface area contributed by atoms with Gasteiger partial charge in [0, 0.05) is 37.8 Å². The number of benzene rings is 1. The van der Waals surface area contributed by atoms with Gasteiger partial charge in [-0.1, -0.05) is 24.8 Å². The fourth-order valence-corrected chi connectivity index (χ4v) is 2.83. The SMILES string of the molecule is Cc1ccc(NC2=NCC(C)CS2)cc1N(C)C. The average molecular weight is 263 g/mol. The zero-order valence-electron chi connectivity index (χ0n) is 11.5. The highest BCUT2D eigenvalue weighted by molar-refractivity contribution is 8.14. The minimum Gasteiger partial charge on any atom is -0.377 e. The third-order valence-electron chi connectivity index (χ3n) is 2.99. The molecule has 1 aromatic carbocycles. The maximum absolute atomic E-state index is 4.56. The Morgan fingerprint density at radius 2 is 2.17 bits per heavy atom. The van der Waals surface area contributed by atoms with E-state index in [4.69, 9.17) is 0 Å². The van der Waals surface area contributed by atoms with Gasteiger partial charge in [-0.2, -0.15) is 0 Å². The van der Waals surface area contributed by atoms with Gasteiger partial charge >= 0.3 is 0 Å². The van der Waals surface area contributed by atoms with Crippen molar-refractivity contribution < 1.29 is 0 Å². The second-order valence-electron chi connectivity index (χ2n) is 5.08. The lowest BCUT2D eigenvalue weighted by molar-refractivity contribution is 0.674. The Bertz CT molecular complexity index is 454. The molecule has 1 unspecified atom stereocenters. The fraction of sp³-hybridized carbons (Fsp3) is 0.500. The zero-order valence-corrected chi connectivity index (χ0v) is 12.3. The van der Waals surface area contributed by atoms with E-state index < -0.39 is 0 Å². The van der Waals surface area contributed by atoms with Crippen molar-refractivity contribution >= 4 is 28.3 Å². The van der Waals surface area contributed by atoms with Crippen LogP contribution in [0.3, 0.4) is 0 Å². The molecule has 0 spiro atoms. The molecular weight excluding hydrogens is 242 g/mol. The van der Waals surface area contributed by atoms with Gasteiger partial charge < -0.3 is 10.2 Å².